The van der Waals surface area contributed by atoms with Crippen LogP contribution < -0.4 is 4.43 Å². The first-order chi connectivity index (χ1) is 26.4. The van der Waals surface area contributed by atoms with E-state index in [-0.39, 0.29) is 34.8 Å². The van der Waals surface area contributed by atoms with Crippen molar-refractivity contribution in [2.75, 3.05) is 39.3 Å². The third kappa shape index (κ3) is 11.0. The molecule has 314 valence electrons. The van der Waals surface area contributed by atoms with Gasteiger partial charge in [-0.15, -0.1) is 0 Å². The summed E-state index contributed by atoms with van der Waals surface area (Å²) in [5.74, 6) is 1.52. The van der Waals surface area contributed by atoms with Gasteiger partial charge in [0, 0.05) is 52.4 Å². The molecule has 4 heterocycles. The quantitative estimate of drug-likeness (QED) is 0.287. The molecule has 0 aromatic heterocycles. The third-order valence-electron chi connectivity index (χ3n) is 11.6. The molecule has 0 spiro atoms. The summed E-state index contributed by atoms with van der Waals surface area (Å²) >= 11 is 0. The summed E-state index contributed by atoms with van der Waals surface area (Å²) in [6.07, 6.45) is 2.96. The minimum absolute atomic E-state index is 0.0599. The number of carbonyl (C=O) groups excluding carboxylic acids is 4. The Hall–Kier alpha value is -4.26. The number of amides is 4. The van der Waals surface area contributed by atoms with Gasteiger partial charge in [0.15, 0.2) is 0 Å². The van der Waals surface area contributed by atoms with Gasteiger partial charge in [-0.25, -0.2) is 9.59 Å². The number of hydrogen-bond acceptors (Lipinski definition) is 8. The predicted molar refractivity (Wildman–Crippen MR) is 223 cm³/mol. The van der Waals surface area contributed by atoms with Crippen LogP contribution in [0.1, 0.15) is 120 Å². The van der Waals surface area contributed by atoms with Crippen LogP contribution in [0.15, 0.2) is 36.4 Å². The summed E-state index contributed by atoms with van der Waals surface area (Å²) in [7, 11) is -2.04. The molecule has 12 nitrogen and oxygen atoms in total. The Bertz CT molecular complexity index is 1790. The number of carbonyl (C=O) groups is 4. The van der Waals surface area contributed by atoms with Crippen LogP contribution in [0.3, 0.4) is 0 Å². The van der Waals surface area contributed by atoms with Gasteiger partial charge in [-0.3, -0.25) is 9.59 Å². The molecule has 2 fully saturated rings. The summed E-state index contributed by atoms with van der Waals surface area (Å²) < 4.78 is 17.4. The lowest BCUT2D eigenvalue weighted by Crippen LogP contribution is -2.44. The SMILES string of the molecule is CC(C)(C)OC(=O)N1CCC(CN2Cc3cccc(O)c3C2=O)CC1.CC(C)(C)OC(=O)N1CCC(CN2Cc3cccc(O[Si](C)(C)C(C)(C)C)c3C2=O)CC1. The monoisotopic (exact) mass is 806 g/mol. The van der Waals surface area contributed by atoms with Gasteiger partial charge in [-0.1, -0.05) is 45.0 Å². The Morgan fingerprint density at radius 1 is 0.667 bits per heavy atom. The van der Waals surface area contributed by atoms with Gasteiger partial charge < -0.3 is 38.6 Å². The summed E-state index contributed by atoms with van der Waals surface area (Å²) in [6.45, 7) is 27.5. The van der Waals surface area contributed by atoms with Gasteiger partial charge >= 0.3 is 12.2 Å². The molecule has 6 rings (SSSR count). The van der Waals surface area contributed by atoms with Crippen LogP contribution in [-0.4, -0.2) is 107 Å². The first kappa shape index (κ1) is 43.9. The topological polar surface area (TPSA) is 129 Å². The molecule has 4 aliphatic heterocycles. The molecule has 2 aromatic rings. The van der Waals surface area contributed by atoms with Crippen LogP contribution in [0.25, 0.3) is 0 Å². The van der Waals surface area contributed by atoms with Crippen molar-refractivity contribution >= 4 is 32.3 Å². The summed E-state index contributed by atoms with van der Waals surface area (Å²) in [4.78, 5) is 57.6. The van der Waals surface area contributed by atoms with Crippen molar-refractivity contribution in [1.82, 2.24) is 19.6 Å². The van der Waals surface area contributed by atoms with Crippen molar-refractivity contribution in [3.63, 3.8) is 0 Å². The Morgan fingerprint density at radius 2 is 1.07 bits per heavy atom. The van der Waals surface area contributed by atoms with Crippen LogP contribution in [-0.2, 0) is 22.6 Å². The first-order valence-electron chi connectivity index (χ1n) is 20.6. The van der Waals surface area contributed by atoms with E-state index < -0.39 is 19.5 Å². The standard InChI is InChI=1S/C25H40N2O4Si.C19H26N2O4/c1-24(2,3)30-23(29)26-14-12-18(13-15-26)16-27-17-19-10-9-11-20(21(19)22(27)28)31-32(7,8)25(4,5)6;1-19(2,3)25-18(24)20-9-7-13(8-10-20)11-21-12-14-5-4-6-15(22)16(14)17(21)23/h9-11,18H,12-17H2,1-8H3;4-6,13,22H,7-12H2,1-3H3. The fraction of sp³-hybridized carbons (Fsp3) is 0.636. The molecule has 13 heteroatoms. The van der Waals surface area contributed by atoms with Crippen LogP contribution in [0.2, 0.25) is 18.1 Å². The fourth-order valence-corrected chi connectivity index (χ4v) is 8.49. The predicted octanol–water partition coefficient (Wildman–Crippen LogP) is 8.67. The van der Waals surface area contributed by atoms with Gasteiger partial charge in [-0.05, 0) is 120 Å². The van der Waals surface area contributed by atoms with E-state index in [1.807, 2.05) is 70.7 Å². The van der Waals surface area contributed by atoms with Gasteiger partial charge in [0.2, 0.25) is 0 Å². The second kappa shape index (κ2) is 16.9. The second-order valence-corrected chi connectivity index (χ2v) is 24.4. The molecule has 0 radical (unpaired) electrons. The van der Waals surface area contributed by atoms with E-state index in [2.05, 4.69) is 33.9 Å². The Labute approximate surface area is 340 Å². The van der Waals surface area contributed by atoms with Crippen molar-refractivity contribution in [3.05, 3.63) is 58.7 Å². The highest BCUT2D eigenvalue weighted by Crippen LogP contribution is 2.41. The van der Waals surface area contributed by atoms with Crippen LogP contribution in [0.5, 0.6) is 11.5 Å². The fourth-order valence-electron chi connectivity index (χ4n) is 7.47. The van der Waals surface area contributed by atoms with Crippen molar-refractivity contribution in [2.45, 2.75) is 130 Å². The molecule has 0 bridgehead atoms. The van der Waals surface area contributed by atoms with Gasteiger partial charge in [0.25, 0.3) is 20.1 Å². The number of nitrogens with zero attached hydrogens (tertiary/aromatic N) is 4. The number of fused-ring (bicyclic) bond motifs is 2. The largest absolute Gasteiger partial charge is 0.543 e. The van der Waals surface area contributed by atoms with E-state index in [1.165, 1.54) is 0 Å². The number of phenolic OH excluding ortho intramolecular Hbond substituents is 1. The molecule has 1 N–H and O–H groups in total. The lowest BCUT2D eigenvalue weighted by atomic mass is 9.96. The number of hydrogen-bond donors (Lipinski definition) is 1. The number of aromatic hydroxyl groups is 1. The minimum Gasteiger partial charge on any atom is -0.543 e. The highest BCUT2D eigenvalue weighted by molar-refractivity contribution is 6.74. The van der Waals surface area contributed by atoms with Crippen LogP contribution in [0, 0.1) is 11.8 Å². The molecule has 0 atom stereocenters. The third-order valence-corrected chi connectivity index (χ3v) is 16.0. The molecule has 0 unspecified atom stereocenters. The summed E-state index contributed by atoms with van der Waals surface area (Å²) in [5.41, 5.74) is 2.15. The zero-order valence-corrected chi connectivity index (χ0v) is 37.2. The van der Waals surface area contributed by atoms with E-state index in [0.717, 1.165) is 54.7 Å². The average molecular weight is 807 g/mol. The number of ether oxygens (including phenoxy) is 2. The minimum atomic E-state index is -2.04. The molecule has 4 amide bonds. The first-order valence-corrected chi connectivity index (χ1v) is 23.5. The average Bonchev–Trinajstić information content (AvgIpc) is 3.59. The van der Waals surface area contributed by atoms with E-state index in [1.54, 1.807) is 26.8 Å². The molecule has 57 heavy (non-hydrogen) atoms. The molecule has 2 saturated heterocycles. The lowest BCUT2D eigenvalue weighted by Gasteiger charge is -2.37. The van der Waals surface area contributed by atoms with Crippen molar-refractivity contribution in [3.8, 4) is 11.5 Å². The van der Waals surface area contributed by atoms with Crippen LogP contribution in [0.4, 0.5) is 9.59 Å². The highest BCUT2D eigenvalue weighted by atomic mass is 28.4. The maximum atomic E-state index is 13.3. The Kier molecular flexibility index (Phi) is 13.0. The van der Waals surface area contributed by atoms with Crippen molar-refractivity contribution in [1.29, 1.82) is 0 Å². The molecular formula is C44H66N4O8Si. The Morgan fingerprint density at radius 3 is 1.47 bits per heavy atom. The second-order valence-electron chi connectivity index (χ2n) is 19.7. The number of phenols is 1. The zero-order valence-electron chi connectivity index (χ0n) is 36.2. The lowest BCUT2D eigenvalue weighted by molar-refractivity contribution is 0.0159. The molecule has 4 aliphatic rings. The number of rotatable bonds is 6. The molecule has 0 saturated carbocycles. The maximum absolute atomic E-state index is 13.3. The van der Waals surface area contributed by atoms with E-state index >= 15 is 0 Å². The molecule has 2 aromatic carbocycles. The summed E-state index contributed by atoms with van der Waals surface area (Å²) in [5, 5.41) is 9.98. The van der Waals surface area contributed by atoms with Gasteiger partial charge in [0.1, 0.15) is 22.7 Å². The number of likely N-dealkylation sites (tertiary alicyclic amines) is 2. The van der Waals surface area contributed by atoms with Crippen molar-refractivity contribution < 1.29 is 38.2 Å². The Balaban J connectivity index is 0.000000224. The van der Waals surface area contributed by atoms with E-state index in [0.29, 0.717) is 63.2 Å². The van der Waals surface area contributed by atoms with E-state index in [4.69, 9.17) is 13.9 Å². The van der Waals surface area contributed by atoms with E-state index in [9.17, 15) is 24.3 Å². The maximum Gasteiger partial charge on any atom is 0.410 e. The zero-order chi connectivity index (χ0) is 42.1. The highest BCUT2D eigenvalue weighted by Gasteiger charge is 2.42. The smallest absolute Gasteiger partial charge is 0.410 e. The van der Waals surface area contributed by atoms with Crippen molar-refractivity contribution in [2.24, 2.45) is 11.8 Å². The molecular weight excluding hydrogens is 741 g/mol. The molecule has 0 aliphatic carbocycles. The van der Waals surface area contributed by atoms with Gasteiger partial charge in [-0.2, -0.15) is 0 Å². The summed E-state index contributed by atoms with van der Waals surface area (Å²) in [6, 6.07) is 11.2. The normalized spacial score (nSPS) is 18.2. The number of benzene rings is 2. The van der Waals surface area contributed by atoms with Gasteiger partial charge in [0.05, 0.1) is 11.1 Å². The van der Waals surface area contributed by atoms with Crippen LogP contribution >= 0.6 is 0 Å². The number of piperidine rings is 2.